The predicted octanol–water partition coefficient (Wildman–Crippen LogP) is 4.95. The topological polar surface area (TPSA) is 0 Å². The number of allylic oxidation sites excluding steroid dienone is 4. The van der Waals surface area contributed by atoms with Crippen molar-refractivity contribution in [3.63, 3.8) is 0 Å². The Morgan fingerprint density at radius 3 is 2.20 bits per heavy atom. The molecule has 0 aromatic carbocycles. The van der Waals surface area contributed by atoms with Gasteiger partial charge < -0.3 is 0 Å². The summed E-state index contributed by atoms with van der Waals surface area (Å²) in [7, 11) is 0. The smallest absolute Gasteiger partial charge is 0.147 e. The molecule has 0 spiro atoms. The van der Waals surface area contributed by atoms with Crippen LogP contribution in [-0.2, 0) is 21.8 Å². The van der Waals surface area contributed by atoms with Gasteiger partial charge in [-0.3, -0.25) is 0 Å². The molecule has 0 aromatic rings. The normalized spacial score (nSPS) is 23.7. The van der Waals surface area contributed by atoms with Crippen LogP contribution < -0.4 is 0 Å². The molecule has 2 aliphatic rings. The van der Waals surface area contributed by atoms with E-state index in [4.69, 9.17) is 0 Å². The molecule has 1 fully saturated rings. The van der Waals surface area contributed by atoms with Crippen molar-refractivity contribution in [3.8, 4) is 0 Å². The SMILES string of the molecule is C[CH]1[CH2][Zr]1[C]1=C(C(C)(C)C)C=CC1.Cl.Cl. The van der Waals surface area contributed by atoms with Crippen LogP contribution in [-0.4, -0.2) is 0 Å². The van der Waals surface area contributed by atoms with Crippen molar-refractivity contribution in [1.82, 2.24) is 0 Å². The van der Waals surface area contributed by atoms with Crippen molar-refractivity contribution in [2.75, 3.05) is 0 Å². The van der Waals surface area contributed by atoms with Crippen molar-refractivity contribution >= 4 is 24.8 Å². The molecule has 0 nitrogen and oxygen atoms in total. The van der Waals surface area contributed by atoms with Crippen LogP contribution in [0.3, 0.4) is 0 Å². The molecule has 2 rings (SSSR count). The Kier molecular flexibility index (Phi) is 5.87. The van der Waals surface area contributed by atoms with Gasteiger partial charge in [0.2, 0.25) is 0 Å². The van der Waals surface area contributed by atoms with Gasteiger partial charge in [0, 0.05) is 0 Å². The van der Waals surface area contributed by atoms with Gasteiger partial charge in [-0.25, -0.2) is 0 Å². The summed E-state index contributed by atoms with van der Waals surface area (Å²) in [5.74, 6) is 0. The van der Waals surface area contributed by atoms with E-state index < -0.39 is 21.8 Å². The van der Waals surface area contributed by atoms with Gasteiger partial charge in [0.1, 0.15) is 0 Å². The number of rotatable bonds is 1. The van der Waals surface area contributed by atoms with E-state index >= 15 is 0 Å². The third-order valence-corrected chi connectivity index (χ3v) is 10.9. The van der Waals surface area contributed by atoms with E-state index in [1.165, 1.54) is 6.42 Å². The van der Waals surface area contributed by atoms with Gasteiger partial charge in [0.25, 0.3) is 0 Å². The number of hydrogen-bond acceptors (Lipinski definition) is 0. The summed E-state index contributed by atoms with van der Waals surface area (Å²) in [5, 5.41) is 0. The largest absolute Gasteiger partial charge is 0.147 e. The summed E-state index contributed by atoms with van der Waals surface area (Å²) in [6.45, 7) is 9.53. The van der Waals surface area contributed by atoms with Crippen LogP contribution >= 0.6 is 24.8 Å². The Morgan fingerprint density at radius 1 is 1.27 bits per heavy atom. The molecule has 1 aliphatic carbocycles. The van der Waals surface area contributed by atoms with Gasteiger partial charge in [-0.2, -0.15) is 0 Å². The second-order valence-electron chi connectivity index (χ2n) is 5.38. The standard InChI is InChI=1S/C9H13.C3H6.2ClH.Zr/c1-9(2,3)8-6-4-5-7-8;1-3-2;;;/h4,6H,5H2,1-3H3;3H,1H2,2H3;2*1H;. The maximum absolute atomic E-state index is 2.46. The molecule has 87 valence electrons. The predicted molar refractivity (Wildman–Crippen MR) is 69.0 cm³/mol. The van der Waals surface area contributed by atoms with Crippen molar-refractivity contribution in [3.05, 3.63) is 21.0 Å². The molecule has 0 bridgehead atoms. The van der Waals surface area contributed by atoms with E-state index in [1.54, 1.807) is 9.70 Å². The van der Waals surface area contributed by atoms with E-state index in [9.17, 15) is 0 Å². The first-order chi connectivity index (χ1) is 6.00. The van der Waals surface area contributed by atoms with E-state index in [0.29, 0.717) is 5.41 Å². The van der Waals surface area contributed by atoms with E-state index in [-0.39, 0.29) is 24.8 Å². The molecule has 1 heterocycles. The fraction of sp³-hybridized carbons (Fsp3) is 0.667. The van der Waals surface area contributed by atoms with Crippen LogP contribution in [0, 0.1) is 5.41 Å². The summed E-state index contributed by atoms with van der Waals surface area (Å²) in [6, 6.07) is 0. The number of hydrogen-bond donors (Lipinski definition) is 0. The molecule has 3 heteroatoms. The van der Waals surface area contributed by atoms with Gasteiger partial charge >= 0.3 is 90.0 Å². The fourth-order valence-electron chi connectivity index (χ4n) is 2.20. The van der Waals surface area contributed by atoms with Crippen molar-refractivity contribution in [2.24, 2.45) is 5.41 Å². The van der Waals surface area contributed by atoms with Crippen molar-refractivity contribution < 1.29 is 21.8 Å². The van der Waals surface area contributed by atoms with Crippen LogP contribution in [0.4, 0.5) is 0 Å². The minimum absolute atomic E-state index is 0. The van der Waals surface area contributed by atoms with E-state index in [1.807, 2.05) is 3.28 Å². The second-order valence-corrected chi connectivity index (χ2v) is 12.9. The van der Waals surface area contributed by atoms with Crippen molar-refractivity contribution in [2.45, 2.75) is 41.9 Å². The summed E-state index contributed by atoms with van der Waals surface area (Å²) >= 11 is -0.960. The molecule has 0 saturated carbocycles. The van der Waals surface area contributed by atoms with E-state index in [0.717, 1.165) is 3.63 Å². The molecular weight excluding hydrogens is 306 g/mol. The maximum atomic E-state index is 2.46. The van der Waals surface area contributed by atoms with Gasteiger partial charge in [0.05, 0.1) is 0 Å². The van der Waals surface area contributed by atoms with Crippen molar-refractivity contribution in [1.29, 1.82) is 0 Å². The zero-order chi connectivity index (χ0) is 9.64. The quantitative estimate of drug-likeness (QED) is 0.639. The zero-order valence-electron chi connectivity index (χ0n) is 9.96. The first kappa shape index (κ1) is 15.9. The Balaban J connectivity index is 0.000000980. The van der Waals surface area contributed by atoms with Gasteiger partial charge in [-0.05, 0) is 0 Å². The molecule has 0 aromatic heterocycles. The Labute approximate surface area is 114 Å². The third-order valence-electron chi connectivity index (χ3n) is 3.09. The monoisotopic (exact) mass is 325 g/mol. The molecule has 0 N–H and O–H groups in total. The molecule has 0 amide bonds. The van der Waals surface area contributed by atoms with Crippen LogP contribution in [0.2, 0.25) is 7.75 Å². The molecule has 15 heavy (non-hydrogen) atoms. The summed E-state index contributed by atoms with van der Waals surface area (Å²) in [6.07, 6.45) is 6.09. The first-order valence-corrected chi connectivity index (χ1v) is 9.65. The third kappa shape index (κ3) is 3.45. The summed E-state index contributed by atoms with van der Waals surface area (Å²) in [5.41, 5.74) is 2.10. The van der Waals surface area contributed by atoms with Gasteiger partial charge in [0.15, 0.2) is 0 Å². The Morgan fingerprint density at radius 2 is 1.80 bits per heavy atom. The van der Waals surface area contributed by atoms with Crippen LogP contribution in [0.15, 0.2) is 21.0 Å². The Bertz CT molecular complexity index is 286. The van der Waals surface area contributed by atoms with Gasteiger partial charge in [-0.1, -0.05) is 0 Å². The molecule has 0 radical (unpaired) electrons. The average molecular weight is 327 g/mol. The zero-order valence-corrected chi connectivity index (χ0v) is 14.1. The minimum Gasteiger partial charge on any atom is -0.147 e. The minimum atomic E-state index is -0.960. The summed E-state index contributed by atoms with van der Waals surface area (Å²) < 4.78 is 4.70. The van der Waals surface area contributed by atoms with Gasteiger partial charge in [-0.15, -0.1) is 24.8 Å². The molecule has 1 atom stereocenters. The first-order valence-electron chi connectivity index (χ1n) is 5.26. The molecular formula is C12H21Cl2Zr. The second kappa shape index (κ2) is 5.52. The maximum Gasteiger partial charge on any atom is -0.147 e. The Hall–Kier alpha value is 0.943. The number of halogens is 2. The van der Waals surface area contributed by atoms with Crippen LogP contribution in [0.25, 0.3) is 0 Å². The molecule has 1 aliphatic heterocycles. The molecule has 1 saturated heterocycles. The molecule has 1 unspecified atom stereocenters. The average Bonchev–Trinajstić information content (AvgIpc) is 2.57. The van der Waals surface area contributed by atoms with E-state index in [2.05, 4.69) is 39.8 Å². The fourth-order valence-corrected chi connectivity index (χ4v) is 10.00. The van der Waals surface area contributed by atoms with Crippen LogP contribution in [0.1, 0.15) is 34.1 Å². The van der Waals surface area contributed by atoms with Crippen LogP contribution in [0.5, 0.6) is 0 Å². The summed E-state index contributed by atoms with van der Waals surface area (Å²) in [4.78, 5) is 0.